The second kappa shape index (κ2) is 6.78. The van der Waals surface area contributed by atoms with E-state index in [9.17, 15) is 9.90 Å². The lowest BCUT2D eigenvalue weighted by atomic mass is 9.97. The molecule has 1 aliphatic carbocycles. The highest BCUT2D eigenvalue weighted by molar-refractivity contribution is 5.91. The normalized spacial score (nSPS) is 23.1. The standard InChI is InChI=1S/C17H25NO2/c1-3-13-6-4-7-14(11-10-13)18-16-9-5-8-15(12(16)2)17(19)20/h5,8-9,13-14,18H,3-4,6-7,10-11H2,1-2H3,(H,19,20). The molecular weight excluding hydrogens is 250 g/mol. The fourth-order valence-corrected chi connectivity index (χ4v) is 3.17. The Bertz CT molecular complexity index is 470. The first-order valence-corrected chi connectivity index (χ1v) is 7.71. The maximum Gasteiger partial charge on any atom is 0.336 e. The molecule has 0 spiro atoms. The van der Waals surface area contributed by atoms with Gasteiger partial charge >= 0.3 is 5.97 Å². The molecule has 0 bridgehead atoms. The number of carbonyl (C=O) groups is 1. The molecule has 1 aromatic carbocycles. The lowest BCUT2D eigenvalue weighted by Gasteiger charge is -2.20. The van der Waals surface area contributed by atoms with Gasteiger partial charge in [0.1, 0.15) is 0 Å². The van der Waals surface area contributed by atoms with Gasteiger partial charge in [0.05, 0.1) is 5.56 Å². The van der Waals surface area contributed by atoms with E-state index in [0.29, 0.717) is 11.6 Å². The van der Waals surface area contributed by atoms with Gasteiger partial charge in [0.15, 0.2) is 0 Å². The van der Waals surface area contributed by atoms with Gasteiger partial charge in [0.2, 0.25) is 0 Å². The molecule has 0 saturated heterocycles. The van der Waals surface area contributed by atoms with Crippen LogP contribution in [0.15, 0.2) is 18.2 Å². The van der Waals surface area contributed by atoms with Crippen LogP contribution in [0.4, 0.5) is 5.69 Å². The van der Waals surface area contributed by atoms with Crippen LogP contribution in [0, 0.1) is 12.8 Å². The van der Waals surface area contributed by atoms with Gasteiger partial charge < -0.3 is 10.4 Å². The number of hydrogen-bond donors (Lipinski definition) is 2. The van der Waals surface area contributed by atoms with E-state index >= 15 is 0 Å². The van der Waals surface area contributed by atoms with Crippen LogP contribution in [0.1, 0.15) is 61.4 Å². The summed E-state index contributed by atoms with van der Waals surface area (Å²) in [6.07, 6.45) is 7.55. The predicted molar refractivity (Wildman–Crippen MR) is 82.4 cm³/mol. The van der Waals surface area contributed by atoms with Crippen molar-refractivity contribution in [3.63, 3.8) is 0 Å². The Hall–Kier alpha value is -1.51. The van der Waals surface area contributed by atoms with Crippen LogP contribution in [0.5, 0.6) is 0 Å². The molecule has 110 valence electrons. The molecule has 0 heterocycles. The van der Waals surface area contributed by atoms with Crippen molar-refractivity contribution in [1.82, 2.24) is 0 Å². The predicted octanol–water partition coefficient (Wildman–Crippen LogP) is 4.46. The maximum atomic E-state index is 11.2. The van der Waals surface area contributed by atoms with Gasteiger partial charge in [-0.1, -0.05) is 32.3 Å². The Labute approximate surface area is 121 Å². The Morgan fingerprint density at radius 2 is 2.10 bits per heavy atom. The molecule has 1 aromatic rings. The van der Waals surface area contributed by atoms with E-state index in [2.05, 4.69) is 12.2 Å². The molecular formula is C17H25NO2. The summed E-state index contributed by atoms with van der Waals surface area (Å²) >= 11 is 0. The largest absolute Gasteiger partial charge is 0.478 e. The lowest BCUT2D eigenvalue weighted by molar-refractivity contribution is 0.0696. The van der Waals surface area contributed by atoms with Gasteiger partial charge in [-0.25, -0.2) is 4.79 Å². The molecule has 2 unspecified atom stereocenters. The molecule has 0 aliphatic heterocycles. The van der Waals surface area contributed by atoms with E-state index < -0.39 is 5.97 Å². The molecule has 2 rings (SSSR count). The Morgan fingerprint density at radius 3 is 2.80 bits per heavy atom. The van der Waals surface area contributed by atoms with Crippen LogP contribution < -0.4 is 5.32 Å². The van der Waals surface area contributed by atoms with E-state index in [0.717, 1.165) is 17.2 Å². The van der Waals surface area contributed by atoms with Crippen molar-refractivity contribution in [3.05, 3.63) is 29.3 Å². The molecule has 2 atom stereocenters. The minimum atomic E-state index is -0.849. The van der Waals surface area contributed by atoms with Crippen LogP contribution >= 0.6 is 0 Å². The molecule has 3 heteroatoms. The highest BCUT2D eigenvalue weighted by Gasteiger charge is 2.19. The molecule has 1 saturated carbocycles. The van der Waals surface area contributed by atoms with Crippen LogP contribution in [0.25, 0.3) is 0 Å². The van der Waals surface area contributed by atoms with Gasteiger partial charge in [-0.3, -0.25) is 0 Å². The number of hydrogen-bond acceptors (Lipinski definition) is 2. The van der Waals surface area contributed by atoms with Gasteiger partial charge in [-0.05, 0) is 49.8 Å². The third kappa shape index (κ3) is 3.53. The number of nitrogens with one attached hydrogen (secondary N) is 1. The first-order valence-electron chi connectivity index (χ1n) is 7.71. The number of anilines is 1. The first kappa shape index (κ1) is 14.9. The van der Waals surface area contributed by atoms with Gasteiger partial charge in [-0.2, -0.15) is 0 Å². The Morgan fingerprint density at radius 1 is 1.30 bits per heavy atom. The first-order chi connectivity index (χ1) is 9.61. The van der Waals surface area contributed by atoms with Crippen LogP contribution in [0.2, 0.25) is 0 Å². The van der Waals surface area contributed by atoms with E-state index in [-0.39, 0.29) is 0 Å². The monoisotopic (exact) mass is 275 g/mol. The van der Waals surface area contributed by atoms with Crippen molar-refractivity contribution in [2.45, 2.75) is 58.4 Å². The van der Waals surface area contributed by atoms with E-state index in [4.69, 9.17) is 0 Å². The molecule has 0 aromatic heterocycles. The van der Waals surface area contributed by atoms with Crippen molar-refractivity contribution >= 4 is 11.7 Å². The number of rotatable bonds is 4. The highest BCUT2D eigenvalue weighted by atomic mass is 16.4. The zero-order chi connectivity index (χ0) is 14.5. The number of carboxylic acids is 1. The second-order valence-electron chi connectivity index (χ2n) is 5.91. The Balaban J connectivity index is 2.06. The molecule has 1 aliphatic rings. The summed E-state index contributed by atoms with van der Waals surface area (Å²) in [5.74, 6) is 0.0197. The summed E-state index contributed by atoms with van der Waals surface area (Å²) < 4.78 is 0. The molecule has 0 amide bonds. The van der Waals surface area contributed by atoms with Crippen molar-refractivity contribution < 1.29 is 9.90 Å². The minimum Gasteiger partial charge on any atom is -0.478 e. The average molecular weight is 275 g/mol. The third-order valence-corrected chi connectivity index (χ3v) is 4.59. The van der Waals surface area contributed by atoms with Crippen molar-refractivity contribution in [3.8, 4) is 0 Å². The molecule has 3 nitrogen and oxygen atoms in total. The molecule has 1 fully saturated rings. The fourth-order valence-electron chi connectivity index (χ4n) is 3.17. The average Bonchev–Trinajstić information content (AvgIpc) is 2.66. The molecule has 20 heavy (non-hydrogen) atoms. The highest BCUT2D eigenvalue weighted by Crippen LogP contribution is 2.28. The summed E-state index contributed by atoms with van der Waals surface area (Å²) in [7, 11) is 0. The minimum absolute atomic E-state index is 0.398. The summed E-state index contributed by atoms with van der Waals surface area (Å²) in [5.41, 5.74) is 2.22. The van der Waals surface area contributed by atoms with Crippen LogP contribution in [0.3, 0.4) is 0 Å². The SMILES string of the molecule is CCC1CCCC(Nc2cccc(C(=O)O)c2C)CC1. The topological polar surface area (TPSA) is 49.3 Å². The fraction of sp³-hybridized carbons (Fsp3) is 0.588. The van der Waals surface area contributed by atoms with Crippen molar-refractivity contribution in [1.29, 1.82) is 0 Å². The summed E-state index contributed by atoms with van der Waals surface area (Å²) in [6, 6.07) is 5.96. The van der Waals surface area contributed by atoms with Gasteiger partial charge in [0, 0.05) is 11.7 Å². The zero-order valence-electron chi connectivity index (χ0n) is 12.5. The van der Waals surface area contributed by atoms with Crippen LogP contribution in [-0.2, 0) is 0 Å². The van der Waals surface area contributed by atoms with Gasteiger partial charge in [-0.15, -0.1) is 0 Å². The number of aromatic carboxylic acids is 1. The van der Waals surface area contributed by atoms with E-state index in [1.165, 1.54) is 38.5 Å². The number of benzene rings is 1. The third-order valence-electron chi connectivity index (χ3n) is 4.59. The Kier molecular flexibility index (Phi) is 5.05. The van der Waals surface area contributed by atoms with E-state index in [1.807, 2.05) is 19.1 Å². The quantitative estimate of drug-likeness (QED) is 0.797. The summed E-state index contributed by atoms with van der Waals surface area (Å²) in [6.45, 7) is 4.16. The van der Waals surface area contributed by atoms with Crippen molar-refractivity contribution in [2.24, 2.45) is 5.92 Å². The zero-order valence-corrected chi connectivity index (χ0v) is 12.5. The second-order valence-corrected chi connectivity index (χ2v) is 5.91. The molecule has 2 N–H and O–H groups in total. The van der Waals surface area contributed by atoms with Gasteiger partial charge in [0.25, 0.3) is 0 Å². The smallest absolute Gasteiger partial charge is 0.336 e. The summed E-state index contributed by atoms with van der Waals surface area (Å²) in [5, 5.41) is 12.7. The van der Waals surface area contributed by atoms with E-state index in [1.54, 1.807) is 6.07 Å². The summed E-state index contributed by atoms with van der Waals surface area (Å²) in [4.78, 5) is 11.2. The number of carboxylic acid groups (broad SMARTS) is 1. The maximum absolute atomic E-state index is 11.2. The van der Waals surface area contributed by atoms with Crippen LogP contribution in [-0.4, -0.2) is 17.1 Å². The lowest BCUT2D eigenvalue weighted by Crippen LogP contribution is -2.19. The van der Waals surface area contributed by atoms with Crippen molar-refractivity contribution in [2.75, 3.05) is 5.32 Å². The molecule has 0 radical (unpaired) electrons.